The van der Waals surface area contributed by atoms with Crippen molar-refractivity contribution in [2.24, 2.45) is 5.92 Å². The molecule has 128 valence electrons. The molecule has 0 aliphatic carbocycles. The van der Waals surface area contributed by atoms with Gasteiger partial charge < -0.3 is 5.32 Å². The fourth-order valence-corrected chi connectivity index (χ4v) is 3.88. The summed E-state index contributed by atoms with van der Waals surface area (Å²) in [5.74, 6) is -0.473. The summed E-state index contributed by atoms with van der Waals surface area (Å²) < 4.78 is 38.0. The van der Waals surface area contributed by atoms with Gasteiger partial charge in [-0.2, -0.15) is 0 Å². The van der Waals surface area contributed by atoms with Crippen LogP contribution in [0.3, 0.4) is 0 Å². The number of nitrogens with zero attached hydrogens (tertiary/aromatic N) is 1. The Kier molecular flexibility index (Phi) is 5.75. The lowest BCUT2D eigenvalue weighted by molar-refractivity contribution is -0.126. The van der Waals surface area contributed by atoms with Crippen LogP contribution in [0.5, 0.6) is 0 Å². The molecule has 1 aliphatic rings. The molecule has 2 rings (SSSR count). The molecule has 1 atom stereocenters. The molecule has 1 fully saturated rings. The average Bonchev–Trinajstić information content (AvgIpc) is 2.55. The van der Waals surface area contributed by atoms with Gasteiger partial charge in [0.1, 0.15) is 5.82 Å². The minimum atomic E-state index is -3.17. The molecule has 0 spiro atoms. The SMILES string of the molecule is CCS(=O)(=O)N1CCC(C(=O)NC(C)c2ccc(F)cc2)CC1. The monoisotopic (exact) mass is 342 g/mol. The summed E-state index contributed by atoms with van der Waals surface area (Å²) in [6.07, 6.45) is 1.06. The van der Waals surface area contributed by atoms with Crippen LogP contribution < -0.4 is 5.32 Å². The molecule has 5 nitrogen and oxygen atoms in total. The number of carbonyl (C=O) groups excluding carboxylic acids is 1. The van der Waals surface area contributed by atoms with Gasteiger partial charge in [0, 0.05) is 19.0 Å². The predicted molar refractivity (Wildman–Crippen MR) is 86.7 cm³/mol. The zero-order chi connectivity index (χ0) is 17.0. The molecule has 0 bridgehead atoms. The summed E-state index contributed by atoms with van der Waals surface area (Å²) in [5.41, 5.74) is 0.839. The highest BCUT2D eigenvalue weighted by Crippen LogP contribution is 2.21. The predicted octanol–water partition coefficient (Wildman–Crippen LogP) is 2.06. The van der Waals surface area contributed by atoms with Crippen molar-refractivity contribution >= 4 is 15.9 Å². The fraction of sp³-hybridized carbons (Fsp3) is 0.562. The molecule has 1 aromatic rings. The quantitative estimate of drug-likeness (QED) is 0.891. The van der Waals surface area contributed by atoms with Crippen molar-refractivity contribution in [3.8, 4) is 0 Å². The summed E-state index contributed by atoms with van der Waals surface area (Å²) in [7, 11) is -3.17. The molecule has 1 aliphatic heterocycles. The molecule has 1 N–H and O–H groups in total. The topological polar surface area (TPSA) is 66.5 Å². The molecule has 1 amide bonds. The van der Waals surface area contributed by atoms with E-state index in [-0.39, 0.29) is 29.4 Å². The molecular formula is C16H23FN2O3S. The number of halogens is 1. The normalized spacial score (nSPS) is 18.6. The maximum absolute atomic E-state index is 12.9. The molecule has 0 radical (unpaired) electrons. The third-order valence-corrected chi connectivity index (χ3v) is 6.19. The summed E-state index contributed by atoms with van der Waals surface area (Å²) in [5, 5.41) is 2.92. The van der Waals surface area contributed by atoms with Gasteiger partial charge in [0.15, 0.2) is 0 Å². The highest BCUT2D eigenvalue weighted by atomic mass is 32.2. The van der Waals surface area contributed by atoms with Crippen molar-refractivity contribution in [1.29, 1.82) is 0 Å². The van der Waals surface area contributed by atoms with Crippen molar-refractivity contribution in [3.63, 3.8) is 0 Å². The van der Waals surface area contributed by atoms with E-state index in [1.165, 1.54) is 16.4 Å². The van der Waals surface area contributed by atoms with Gasteiger partial charge in [-0.1, -0.05) is 12.1 Å². The van der Waals surface area contributed by atoms with E-state index in [1.807, 2.05) is 6.92 Å². The highest BCUT2D eigenvalue weighted by molar-refractivity contribution is 7.89. The third-order valence-electron chi connectivity index (χ3n) is 4.31. The van der Waals surface area contributed by atoms with Gasteiger partial charge in [0.2, 0.25) is 15.9 Å². The molecule has 1 heterocycles. The van der Waals surface area contributed by atoms with E-state index in [2.05, 4.69) is 5.32 Å². The van der Waals surface area contributed by atoms with Crippen LogP contribution in [0, 0.1) is 11.7 Å². The van der Waals surface area contributed by atoms with Crippen molar-refractivity contribution in [1.82, 2.24) is 9.62 Å². The second kappa shape index (κ2) is 7.40. The Morgan fingerprint density at radius 2 is 1.87 bits per heavy atom. The van der Waals surface area contributed by atoms with Crippen LogP contribution in [0.1, 0.15) is 38.3 Å². The smallest absolute Gasteiger partial charge is 0.223 e. The minimum absolute atomic E-state index is 0.0737. The van der Waals surface area contributed by atoms with E-state index in [1.54, 1.807) is 19.1 Å². The first-order chi connectivity index (χ1) is 10.8. The number of hydrogen-bond donors (Lipinski definition) is 1. The van der Waals surface area contributed by atoms with E-state index in [0.717, 1.165) is 5.56 Å². The molecule has 1 saturated heterocycles. The Bertz CT molecular complexity index is 638. The molecule has 23 heavy (non-hydrogen) atoms. The summed E-state index contributed by atoms with van der Waals surface area (Å²) in [4.78, 5) is 12.3. The number of amides is 1. The highest BCUT2D eigenvalue weighted by Gasteiger charge is 2.30. The van der Waals surface area contributed by atoms with Gasteiger partial charge >= 0.3 is 0 Å². The van der Waals surface area contributed by atoms with Crippen LogP contribution in [0.15, 0.2) is 24.3 Å². The van der Waals surface area contributed by atoms with Crippen LogP contribution in [-0.4, -0.2) is 37.5 Å². The number of hydrogen-bond acceptors (Lipinski definition) is 3. The third kappa shape index (κ3) is 4.51. The first-order valence-corrected chi connectivity index (χ1v) is 9.48. The zero-order valence-electron chi connectivity index (χ0n) is 13.5. The second-order valence-corrected chi connectivity index (χ2v) is 8.11. The van der Waals surface area contributed by atoms with Crippen molar-refractivity contribution in [2.45, 2.75) is 32.7 Å². The van der Waals surface area contributed by atoms with Gasteiger partial charge in [-0.15, -0.1) is 0 Å². The van der Waals surface area contributed by atoms with E-state index in [0.29, 0.717) is 25.9 Å². The molecule has 7 heteroatoms. The first kappa shape index (κ1) is 17.9. The van der Waals surface area contributed by atoms with Crippen molar-refractivity contribution < 1.29 is 17.6 Å². The van der Waals surface area contributed by atoms with Gasteiger partial charge in [0.05, 0.1) is 11.8 Å². The lowest BCUT2D eigenvalue weighted by Crippen LogP contribution is -2.43. The van der Waals surface area contributed by atoms with Crippen LogP contribution in [0.25, 0.3) is 0 Å². The lowest BCUT2D eigenvalue weighted by Gasteiger charge is -2.31. The number of benzene rings is 1. The van der Waals surface area contributed by atoms with Gasteiger partial charge in [-0.3, -0.25) is 4.79 Å². The van der Waals surface area contributed by atoms with Crippen LogP contribution in [-0.2, 0) is 14.8 Å². The van der Waals surface area contributed by atoms with E-state index in [9.17, 15) is 17.6 Å². The number of carbonyl (C=O) groups is 1. The van der Waals surface area contributed by atoms with E-state index >= 15 is 0 Å². The van der Waals surface area contributed by atoms with Crippen LogP contribution in [0.2, 0.25) is 0 Å². The number of sulfonamides is 1. The Balaban J connectivity index is 1.89. The van der Waals surface area contributed by atoms with Crippen molar-refractivity contribution in [2.75, 3.05) is 18.8 Å². The maximum atomic E-state index is 12.9. The molecule has 1 unspecified atom stereocenters. The molecule has 0 saturated carbocycles. The van der Waals surface area contributed by atoms with E-state index in [4.69, 9.17) is 0 Å². The largest absolute Gasteiger partial charge is 0.349 e. The zero-order valence-corrected chi connectivity index (χ0v) is 14.3. The fourth-order valence-electron chi connectivity index (χ4n) is 2.74. The Morgan fingerprint density at radius 3 is 2.39 bits per heavy atom. The molecule has 0 aromatic heterocycles. The van der Waals surface area contributed by atoms with Gasteiger partial charge in [0.25, 0.3) is 0 Å². The number of piperidine rings is 1. The number of rotatable bonds is 5. The maximum Gasteiger partial charge on any atom is 0.223 e. The molecule has 1 aromatic carbocycles. The van der Waals surface area contributed by atoms with Crippen LogP contribution >= 0.6 is 0 Å². The first-order valence-electron chi connectivity index (χ1n) is 7.87. The summed E-state index contributed by atoms with van der Waals surface area (Å²) in [6, 6.07) is 5.83. The number of nitrogens with one attached hydrogen (secondary N) is 1. The summed E-state index contributed by atoms with van der Waals surface area (Å²) in [6.45, 7) is 4.25. The van der Waals surface area contributed by atoms with Gasteiger partial charge in [-0.25, -0.2) is 17.1 Å². The Morgan fingerprint density at radius 1 is 1.30 bits per heavy atom. The molecular weight excluding hydrogens is 319 g/mol. The standard InChI is InChI=1S/C16H23FN2O3S/c1-3-23(21,22)19-10-8-14(9-11-19)16(20)18-12(2)13-4-6-15(17)7-5-13/h4-7,12,14H,3,8-11H2,1-2H3,(H,18,20). The Hall–Kier alpha value is -1.47. The Labute approximate surface area is 136 Å². The van der Waals surface area contributed by atoms with Crippen LogP contribution in [0.4, 0.5) is 4.39 Å². The summed E-state index contributed by atoms with van der Waals surface area (Å²) >= 11 is 0. The lowest BCUT2D eigenvalue weighted by atomic mass is 9.96. The van der Waals surface area contributed by atoms with E-state index < -0.39 is 10.0 Å². The van der Waals surface area contributed by atoms with Crippen molar-refractivity contribution in [3.05, 3.63) is 35.6 Å². The second-order valence-electron chi connectivity index (χ2n) is 5.86. The average molecular weight is 342 g/mol. The van der Waals surface area contributed by atoms with Gasteiger partial charge in [-0.05, 0) is 44.4 Å². The minimum Gasteiger partial charge on any atom is -0.349 e.